The molecule has 0 bridgehead atoms. The summed E-state index contributed by atoms with van der Waals surface area (Å²) in [5.41, 5.74) is 0. The van der Waals surface area contributed by atoms with E-state index in [1.54, 1.807) is 0 Å². The first-order valence-corrected chi connectivity index (χ1v) is 8.74. The highest BCUT2D eigenvalue weighted by molar-refractivity contribution is 4.71. The monoisotopic (exact) mass is 283 g/mol. The lowest BCUT2D eigenvalue weighted by Gasteiger charge is -2.27. The van der Waals surface area contributed by atoms with Crippen LogP contribution in [-0.2, 0) is 4.74 Å². The number of aliphatic hydroxyl groups excluding tert-OH is 1. The quantitative estimate of drug-likeness (QED) is 0.673. The molecule has 3 nitrogen and oxygen atoms in total. The second-order valence-electron chi connectivity index (χ2n) is 7.01. The normalized spacial score (nSPS) is 29.7. The molecule has 0 radical (unpaired) electrons. The van der Waals surface area contributed by atoms with Crippen molar-refractivity contribution >= 4 is 0 Å². The fraction of sp³-hybridized carbons (Fsp3) is 1.00. The molecule has 118 valence electrons. The van der Waals surface area contributed by atoms with Gasteiger partial charge in [0.2, 0.25) is 0 Å². The smallest absolute Gasteiger partial charge is 0.0897 e. The molecular formula is C17H33NO2. The van der Waals surface area contributed by atoms with E-state index >= 15 is 0 Å². The fourth-order valence-electron chi connectivity index (χ4n) is 3.58. The Hall–Kier alpha value is -0.120. The third-order valence-electron chi connectivity index (χ3n) is 5.07. The first-order valence-electron chi connectivity index (χ1n) is 8.74. The predicted molar refractivity (Wildman–Crippen MR) is 82.8 cm³/mol. The van der Waals surface area contributed by atoms with E-state index in [0.29, 0.717) is 19.3 Å². The summed E-state index contributed by atoms with van der Waals surface area (Å²) in [4.78, 5) is 0. The minimum Gasteiger partial charge on any atom is -0.389 e. The van der Waals surface area contributed by atoms with Crippen LogP contribution in [0.15, 0.2) is 0 Å². The van der Waals surface area contributed by atoms with Crippen LogP contribution in [0.1, 0.15) is 64.7 Å². The van der Waals surface area contributed by atoms with Crippen molar-refractivity contribution in [1.82, 2.24) is 5.32 Å². The average Bonchev–Trinajstić information content (AvgIpc) is 2.96. The topological polar surface area (TPSA) is 41.5 Å². The fourth-order valence-corrected chi connectivity index (χ4v) is 3.58. The molecule has 1 unspecified atom stereocenters. The van der Waals surface area contributed by atoms with E-state index in [-0.39, 0.29) is 6.10 Å². The lowest BCUT2D eigenvalue weighted by molar-refractivity contribution is -0.0278. The minimum absolute atomic E-state index is 0.349. The maximum Gasteiger partial charge on any atom is 0.0897 e. The van der Waals surface area contributed by atoms with Gasteiger partial charge in [-0.15, -0.1) is 0 Å². The van der Waals surface area contributed by atoms with Gasteiger partial charge in [0.05, 0.1) is 18.8 Å². The number of aliphatic hydroxyl groups is 1. The second kappa shape index (κ2) is 9.01. The van der Waals surface area contributed by atoms with Gasteiger partial charge >= 0.3 is 0 Å². The lowest BCUT2D eigenvalue weighted by atomic mass is 9.89. The van der Waals surface area contributed by atoms with E-state index < -0.39 is 0 Å². The number of nitrogens with one attached hydrogen (secondary N) is 1. The molecule has 0 aromatic rings. The molecular weight excluding hydrogens is 250 g/mol. The molecule has 2 fully saturated rings. The first-order chi connectivity index (χ1) is 9.74. The molecule has 0 spiro atoms. The number of hydrogen-bond donors (Lipinski definition) is 2. The third kappa shape index (κ3) is 6.11. The van der Waals surface area contributed by atoms with Crippen molar-refractivity contribution in [3.8, 4) is 0 Å². The maximum absolute atomic E-state index is 9.94. The van der Waals surface area contributed by atoms with Crippen LogP contribution in [0, 0.1) is 11.8 Å². The van der Waals surface area contributed by atoms with E-state index in [1.807, 2.05) is 0 Å². The SMILES string of the molecule is CC1CCC(OCC(O)CNCCC2CCCC2)CC1. The standard InChI is InChI=1S/C17H33NO2/c1-14-6-8-17(9-7-14)20-13-16(19)12-18-11-10-15-4-2-3-5-15/h14-19H,2-13H2,1H3. The highest BCUT2D eigenvalue weighted by atomic mass is 16.5. The zero-order valence-corrected chi connectivity index (χ0v) is 13.2. The zero-order valence-electron chi connectivity index (χ0n) is 13.2. The number of hydrogen-bond acceptors (Lipinski definition) is 3. The Kier molecular flexibility index (Phi) is 7.32. The van der Waals surface area contributed by atoms with E-state index in [0.717, 1.165) is 18.4 Å². The number of ether oxygens (including phenoxy) is 1. The van der Waals surface area contributed by atoms with Crippen molar-refractivity contribution in [2.24, 2.45) is 11.8 Å². The molecule has 0 aliphatic heterocycles. The van der Waals surface area contributed by atoms with Crippen molar-refractivity contribution in [2.75, 3.05) is 19.7 Å². The summed E-state index contributed by atoms with van der Waals surface area (Å²) in [5, 5.41) is 13.3. The molecule has 20 heavy (non-hydrogen) atoms. The van der Waals surface area contributed by atoms with Crippen LogP contribution in [-0.4, -0.2) is 37.0 Å². The summed E-state index contributed by atoms with van der Waals surface area (Å²) < 4.78 is 5.83. The van der Waals surface area contributed by atoms with Crippen LogP contribution in [0.25, 0.3) is 0 Å². The molecule has 0 saturated heterocycles. The van der Waals surface area contributed by atoms with E-state index in [9.17, 15) is 5.11 Å². The highest BCUT2D eigenvalue weighted by Crippen LogP contribution is 2.27. The molecule has 3 heteroatoms. The van der Waals surface area contributed by atoms with Crippen molar-refractivity contribution in [3.63, 3.8) is 0 Å². The van der Waals surface area contributed by atoms with E-state index in [1.165, 1.54) is 57.8 Å². The molecule has 0 heterocycles. The molecule has 0 aromatic heterocycles. The molecule has 2 aliphatic carbocycles. The van der Waals surface area contributed by atoms with Gasteiger partial charge in [-0.25, -0.2) is 0 Å². The van der Waals surface area contributed by atoms with Gasteiger partial charge in [0, 0.05) is 6.54 Å². The van der Waals surface area contributed by atoms with Gasteiger partial charge in [-0.2, -0.15) is 0 Å². The number of rotatable bonds is 8. The van der Waals surface area contributed by atoms with Gasteiger partial charge in [0.15, 0.2) is 0 Å². The van der Waals surface area contributed by atoms with Gasteiger partial charge in [-0.1, -0.05) is 32.6 Å². The van der Waals surface area contributed by atoms with Crippen LogP contribution in [0.2, 0.25) is 0 Å². The second-order valence-corrected chi connectivity index (χ2v) is 7.01. The Balaban J connectivity index is 1.44. The van der Waals surface area contributed by atoms with Gasteiger partial charge in [0.25, 0.3) is 0 Å². The lowest BCUT2D eigenvalue weighted by Crippen LogP contribution is -2.33. The molecule has 2 N–H and O–H groups in total. The van der Waals surface area contributed by atoms with Crippen molar-refractivity contribution in [1.29, 1.82) is 0 Å². The molecule has 0 amide bonds. The Morgan fingerprint density at radius 1 is 1.10 bits per heavy atom. The summed E-state index contributed by atoms with van der Waals surface area (Å²) in [6.45, 7) is 4.54. The third-order valence-corrected chi connectivity index (χ3v) is 5.07. The molecule has 2 rings (SSSR count). The predicted octanol–water partition coefficient (Wildman–Crippen LogP) is 3.11. The molecule has 1 atom stereocenters. The maximum atomic E-state index is 9.94. The van der Waals surface area contributed by atoms with E-state index in [4.69, 9.17) is 4.74 Å². The summed E-state index contributed by atoms with van der Waals surface area (Å²) in [6, 6.07) is 0. The van der Waals surface area contributed by atoms with Crippen LogP contribution < -0.4 is 5.32 Å². The molecule has 0 aromatic carbocycles. The summed E-state index contributed by atoms with van der Waals surface area (Å²) in [5.74, 6) is 1.79. The summed E-state index contributed by atoms with van der Waals surface area (Å²) in [7, 11) is 0. The largest absolute Gasteiger partial charge is 0.389 e. The van der Waals surface area contributed by atoms with Gasteiger partial charge in [-0.3, -0.25) is 0 Å². The average molecular weight is 283 g/mol. The zero-order chi connectivity index (χ0) is 14.2. The van der Waals surface area contributed by atoms with Gasteiger partial charge in [-0.05, 0) is 50.5 Å². The Labute approximate surface area is 124 Å². The summed E-state index contributed by atoms with van der Waals surface area (Å²) in [6.07, 6.45) is 11.9. The van der Waals surface area contributed by atoms with Crippen LogP contribution in [0.3, 0.4) is 0 Å². The summed E-state index contributed by atoms with van der Waals surface area (Å²) >= 11 is 0. The van der Waals surface area contributed by atoms with Gasteiger partial charge in [0.1, 0.15) is 0 Å². The van der Waals surface area contributed by atoms with Gasteiger partial charge < -0.3 is 15.2 Å². The first kappa shape index (κ1) is 16.3. The molecule has 2 aliphatic rings. The van der Waals surface area contributed by atoms with Crippen molar-refractivity contribution in [2.45, 2.75) is 76.9 Å². The van der Waals surface area contributed by atoms with Crippen molar-refractivity contribution < 1.29 is 9.84 Å². The van der Waals surface area contributed by atoms with Crippen LogP contribution in [0.4, 0.5) is 0 Å². The highest BCUT2D eigenvalue weighted by Gasteiger charge is 2.19. The molecule has 2 saturated carbocycles. The Morgan fingerprint density at radius 3 is 2.50 bits per heavy atom. The Bertz CT molecular complexity index is 245. The van der Waals surface area contributed by atoms with Crippen molar-refractivity contribution in [3.05, 3.63) is 0 Å². The van der Waals surface area contributed by atoms with Crippen LogP contribution >= 0.6 is 0 Å². The Morgan fingerprint density at radius 2 is 1.80 bits per heavy atom. The minimum atomic E-state index is -0.349. The van der Waals surface area contributed by atoms with E-state index in [2.05, 4.69) is 12.2 Å². The van der Waals surface area contributed by atoms with Crippen LogP contribution in [0.5, 0.6) is 0 Å².